The van der Waals surface area contributed by atoms with Crippen LogP contribution in [-0.4, -0.2) is 26.9 Å². The zero-order valence-electron chi connectivity index (χ0n) is 5.81. The van der Waals surface area contributed by atoms with Crippen LogP contribution in [0.25, 0.3) is 0 Å². The Morgan fingerprint density at radius 2 is 1.67 bits per heavy atom. The van der Waals surface area contributed by atoms with Crippen LogP contribution in [0.4, 0.5) is 0 Å². The highest BCUT2D eigenvalue weighted by molar-refractivity contribution is 9.39. The minimum Gasteiger partial charge on any atom is -0.229 e. The molecule has 1 rings (SSSR count). The lowest BCUT2D eigenvalue weighted by Gasteiger charge is -2.21. The molecule has 0 aromatic carbocycles. The number of sulfone groups is 1. The maximum absolute atomic E-state index is 11.2. The zero-order chi connectivity index (χ0) is 9.57. The van der Waals surface area contributed by atoms with Crippen molar-refractivity contribution in [2.24, 2.45) is 5.92 Å². The van der Waals surface area contributed by atoms with E-state index >= 15 is 0 Å². The van der Waals surface area contributed by atoms with E-state index in [1.165, 1.54) is 0 Å². The molecule has 1 aliphatic rings. The molecule has 1 fully saturated rings. The second-order valence-electron chi connectivity index (χ2n) is 2.74. The van der Waals surface area contributed by atoms with Crippen LogP contribution in [0, 0.1) is 5.92 Å². The number of hydrogen-bond acceptors (Lipinski definition) is 2. The molecule has 1 aliphatic heterocycles. The first-order valence-corrected chi connectivity index (χ1v) is 8.25. The quantitative estimate of drug-likeness (QED) is 0.533. The summed E-state index contributed by atoms with van der Waals surface area (Å²) in [6.07, 6.45) is 0. The van der Waals surface area contributed by atoms with Crippen LogP contribution in [0.5, 0.6) is 0 Å². The van der Waals surface area contributed by atoms with Crippen molar-refractivity contribution in [3.63, 3.8) is 0 Å². The van der Waals surface area contributed by atoms with Gasteiger partial charge in [0.05, 0.1) is 11.5 Å². The maximum atomic E-state index is 11.2. The Morgan fingerprint density at radius 1 is 1.17 bits per heavy atom. The predicted molar refractivity (Wildman–Crippen MR) is 64.4 cm³/mol. The summed E-state index contributed by atoms with van der Waals surface area (Å²) in [6, 6.07) is 0. The fourth-order valence-electron chi connectivity index (χ4n) is 1.10. The lowest BCUT2D eigenvalue weighted by molar-refractivity contribution is 0.598. The van der Waals surface area contributed by atoms with Crippen LogP contribution in [0.1, 0.15) is 0 Å². The topological polar surface area (TPSA) is 34.1 Å². The smallest absolute Gasteiger partial charge is 0.151 e. The molecule has 12 heavy (non-hydrogen) atoms. The van der Waals surface area contributed by atoms with Gasteiger partial charge in [0.15, 0.2) is 9.84 Å². The van der Waals surface area contributed by atoms with E-state index in [1.807, 2.05) is 0 Å². The molecular formula is C5H6Br4O2S. The largest absolute Gasteiger partial charge is 0.229 e. The van der Waals surface area contributed by atoms with E-state index in [4.69, 9.17) is 0 Å². The summed E-state index contributed by atoms with van der Waals surface area (Å²) in [4.78, 5) is 0.000579. The van der Waals surface area contributed by atoms with Crippen LogP contribution in [0.15, 0.2) is 0 Å². The normalized spacial score (nSPS) is 35.3. The van der Waals surface area contributed by atoms with Crippen LogP contribution in [0.2, 0.25) is 0 Å². The SMILES string of the molecule is O=S1(=O)CC(Br)C(C(Br)(Br)Br)C1. The van der Waals surface area contributed by atoms with E-state index in [1.54, 1.807) is 0 Å². The van der Waals surface area contributed by atoms with E-state index in [9.17, 15) is 8.42 Å². The third-order valence-corrected chi connectivity index (χ3v) is 6.59. The van der Waals surface area contributed by atoms with Gasteiger partial charge in [-0.15, -0.1) is 0 Å². The predicted octanol–water partition coefficient (Wildman–Crippen LogP) is 2.63. The third kappa shape index (κ3) is 2.93. The van der Waals surface area contributed by atoms with Gasteiger partial charge in [0.2, 0.25) is 0 Å². The number of hydrogen-bond donors (Lipinski definition) is 0. The maximum Gasteiger partial charge on any atom is 0.151 e. The Hall–Kier alpha value is 1.87. The van der Waals surface area contributed by atoms with Crippen molar-refractivity contribution in [1.29, 1.82) is 0 Å². The molecule has 72 valence electrons. The second kappa shape index (κ2) is 3.79. The average molecular weight is 450 g/mol. The summed E-state index contributed by atoms with van der Waals surface area (Å²) in [7, 11) is -2.86. The summed E-state index contributed by atoms with van der Waals surface area (Å²) in [5, 5.41) is 0. The van der Waals surface area contributed by atoms with E-state index in [0.29, 0.717) is 0 Å². The number of halogens is 4. The van der Waals surface area contributed by atoms with E-state index in [0.717, 1.165) is 0 Å². The third-order valence-electron chi connectivity index (χ3n) is 1.70. The molecule has 0 amide bonds. The highest BCUT2D eigenvalue weighted by Gasteiger charge is 2.45. The lowest BCUT2D eigenvalue weighted by Crippen LogP contribution is -2.25. The lowest BCUT2D eigenvalue weighted by atomic mass is 10.2. The number of alkyl halides is 4. The molecule has 2 nitrogen and oxygen atoms in total. The van der Waals surface area contributed by atoms with Gasteiger partial charge >= 0.3 is 0 Å². The summed E-state index contributed by atoms with van der Waals surface area (Å²) in [6.45, 7) is 0. The van der Waals surface area contributed by atoms with Gasteiger partial charge in [-0.2, -0.15) is 0 Å². The Bertz CT molecular complexity index is 268. The van der Waals surface area contributed by atoms with Gasteiger partial charge < -0.3 is 0 Å². The van der Waals surface area contributed by atoms with Crippen LogP contribution >= 0.6 is 63.7 Å². The molecule has 0 aromatic heterocycles. The molecule has 0 radical (unpaired) electrons. The summed E-state index contributed by atoms with van der Waals surface area (Å²) in [5.74, 6) is 0.412. The van der Waals surface area contributed by atoms with Crippen LogP contribution in [-0.2, 0) is 9.84 Å². The summed E-state index contributed by atoms with van der Waals surface area (Å²) in [5.41, 5.74) is 0. The molecule has 2 unspecified atom stereocenters. The first-order valence-electron chi connectivity index (χ1n) is 3.13. The van der Waals surface area contributed by atoms with Crippen LogP contribution in [0.3, 0.4) is 0 Å². The fourth-order valence-corrected chi connectivity index (χ4v) is 8.18. The molecular weight excluding hydrogens is 444 g/mol. The van der Waals surface area contributed by atoms with Crippen LogP contribution < -0.4 is 0 Å². The number of rotatable bonds is 0. The van der Waals surface area contributed by atoms with E-state index < -0.39 is 12.0 Å². The van der Waals surface area contributed by atoms with Crippen molar-refractivity contribution >= 4 is 73.6 Å². The zero-order valence-corrected chi connectivity index (χ0v) is 13.0. The Kier molecular flexibility index (Phi) is 3.77. The highest BCUT2D eigenvalue weighted by Crippen LogP contribution is 2.47. The fraction of sp³-hybridized carbons (Fsp3) is 1.00. The molecule has 0 aliphatic carbocycles. The summed E-state index contributed by atoms with van der Waals surface area (Å²) >= 11 is 13.4. The van der Waals surface area contributed by atoms with Gasteiger partial charge in [-0.05, 0) is 0 Å². The molecule has 7 heteroatoms. The molecule has 2 atom stereocenters. The minimum absolute atomic E-state index is 0.000579. The molecule has 0 N–H and O–H groups in total. The first kappa shape index (κ1) is 11.9. The van der Waals surface area contributed by atoms with E-state index in [-0.39, 0.29) is 22.3 Å². The van der Waals surface area contributed by atoms with Gasteiger partial charge in [-0.1, -0.05) is 63.7 Å². The van der Waals surface area contributed by atoms with Gasteiger partial charge in [0, 0.05) is 10.7 Å². The molecule has 0 bridgehead atoms. The molecule has 0 saturated carbocycles. The van der Waals surface area contributed by atoms with Crippen molar-refractivity contribution in [1.82, 2.24) is 0 Å². The van der Waals surface area contributed by atoms with Gasteiger partial charge in [0.1, 0.15) is 2.14 Å². The second-order valence-corrected chi connectivity index (χ2v) is 13.0. The average Bonchev–Trinajstić information content (AvgIpc) is 2.03. The molecule has 0 aromatic rings. The van der Waals surface area contributed by atoms with Gasteiger partial charge in [-0.3, -0.25) is 0 Å². The van der Waals surface area contributed by atoms with Gasteiger partial charge in [0.25, 0.3) is 0 Å². The van der Waals surface area contributed by atoms with Crippen molar-refractivity contribution < 1.29 is 8.42 Å². The van der Waals surface area contributed by atoms with Crippen molar-refractivity contribution in [3.8, 4) is 0 Å². The Balaban J connectivity index is 2.85. The Labute approximate surface area is 105 Å². The molecule has 0 spiro atoms. The standard InChI is InChI=1S/C5H6Br4O2S/c6-4-2-12(10,11)1-3(4)5(7,8)9/h3-4H,1-2H2. The van der Waals surface area contributed by atoms with Crippen molar-refractivity contribution in [2.75, 3.05) is 11.5 Å². The highest BCUT2D eigenvalue weighted by atomic mass is 80.0. The Morgan fingerprint density at radius 3 is 1.83 bits per heavy atom. The van der Waals surface area contributed by atoms with Gasteiger partial charge in [-0.25, -0.2) is 8.42 Å². The molecule has 1 saturated heterocycles. The van der Waals surface area contributed by atoms with E-state index in [2.05, 4.69) is 63.7 Å². The monoisotopic (exact) mass is 446 g/mol. The molecule has 1 heterocycles. The van der Waals surface area contributed by atoms with Crippen molar-refractivity contribution in [2.45, 2.75) is 6.97 Å². The van der Waals surface area contributed by atoms with Crippen molar-refractivity contribution in [3.05, 3.63) is 0 Å². The minimum atomic E-state index is -2.86. The summed E-state index contributed by atoms with van der Waals surface area (Å²) < 4.78 is 21.9. The first-order chi connectivity index (χ1) is 5.22.